The summed E-state index contributed by atoms with van der Waals surface area (Å²) in [6, 6.07) is 9.38. The molecule has 18 heavy (non-hydrogen) atoms. The molecule has 0 saturated carbocycles. The number of halogens is 1. The highest BCUT2D eigenvalue weighted by molar-refractivity contribution is 7.80. The van der Waals surface area contributed by atoms with Crippen LogP contribution in [0.4, 0.5) is 11.4 Å². The summed E-state index contributed by atoms with van der Waals surface area (Å²) in [7, 11) is 0. The van der Waals surface area contributed by atoms with Crippen LogP contribution in [0.3, 0.4) is 0 Å². The molecule has 92 valence electrons. The fraction of sp³-hybridized carbons (Fsp3) is 0.0769. The molecule has 0 amide bonds. The first kappa shape index (κ1) is 12.8. The topological polar surface area (TPSA) is 50.9 Å². The molecule has 0 bridgehead atoms. The van der Waals surface area contributed by atoms with Crippen molar-refractivity contribution in [2.24, 2.45) is 5.73 Å². The van der Waals surface area contributed by atoms with Crippen molar-refractivity contribution >= 4 is 40.2 Å². The van der Waals surface area contributed by atoms with E-state index < -0.39 is 0 Å². The predicted molar refractivity (Wildman–Crippen MR) is 79.6 cm³/mol. The van der Waals surface area contributed by atoms with Crippen LogP contribution in [-0.2, 0) is 0 Å². The van der Waals surface area contributed by atoms with Crippen molar-refractivity contribution < 1.29 is 0 Å². The third-order valence-corrected chi connectivity index (χ3v) is 3.03. The average Bonchev–Trinajstić information content (AvgIpc) is 2.34. The number of hydrogen-bond acceptors (Lipinski definition) is 3. The van der Waals surface area contributed by atoms with E-state index >= 15 is 0 Å². The maximum Gasteiger partial charge on any atom is 0.122 e. The van der Waals surface area contributed by atoms with Gasteiger partial charge >= 0.3 is 0 Å². The van der Waals surface area contributed by atoms with Gasteiger partial charge in [-0.3, -0.25) is 4.98 Å². The Morgan fingerprint density at radius 3 is 2.83 bits per heavy atom. The zero-order valence-corrected chi connectivity index (χ0v) is 11.3. The Kier molecular flexibility index (Phi) is 3.79. The number of aromatic nitrogens is 1. The van der Waals surface area contributed by atoms with Gasteiger partial charge in [0.05, 0.1) is 16.4 Å². The maximum absolute atomic E-state index is 6.15. The van der Waals surface area contributed by atoms with Crippen molar-refractivity contribution in [3.8, 4) is 0 Å². The Labute approximate surface area is 116 Å². The van der Waals surface area contributed by atoms with Gasteiger partial charge in [0.15, 0.2) is 0 Å². The highest BCUT2D eigenvalue weighted by atomic mass is 35.5. The van der Waals surface area contributed by atoms with Crippen LogP contribution >= 0.6 is 23.8 Å². The fourth-order valence-corrected chi connectivity index (χ4v) is 1.96. The number of para-hydroxylation sites is 1. The van der Waals surface area contributed by atoms with E-state index in [1.165, 1.54) is 0 Å². The van der Waals surface area contributed by atoms with Gasteiger partial charge < -0.3 is 11.1 Å². The number of thiocarbonyl (C=S) groups is 1. The molecule has 0 unspecified atom stereocenters. The lowest BCUT2D eigenvalue weighted by Gasteiger charge is -2.11. The monoisotopic (exact) mass is 277 g/mol. The standard InChI is InChI=1S/C13H12ClN3S/c1-8-3-2-4-10(14)12(8)17-9-5-6-16-11(7-9)13(15)18/h2-7H,1H3,(H2,15,18)(H,16,17). The molecule has 1 aromatic heterocycles. The minimum Gasteiger partial charge on any atom is -0.388 e. The molecule has 3 N–H and O–H groups in total. The number of nitrogens with two attached hydrogens (primary N) is 1. The van der Waals surface area contributed by atoms with Crippen LogP contribution in [0.1, 0.15) is 11.3 Å². The fourth-order valence-electron chi connectivity index (χ4n) is 1.58. The largest absolute Gasteiger partial charge is 0.388 e. The number of hydrogen-bond donors (Lipinski definition) is 2. The van der Waals surface area contributed by atoms with E-state index in [2.05, 4.69) is 10.3 Å². The molecule has 2 rings (SSSR count). The van der Waals surface area contributed by atoms with E-state index in [4.69, 9.17) is 29.6 Å². The number of anilines is 2. The van der Waals surface area contributed by atoms with Crippen LogP contribution in [0.5, 0.6) is 0 Å². The Morgan fingerprint density at radius 2 is 2.17 bits per heavy atom. The lowest BCUT2D eigenvalue weighted by Crippen LogP contribution is -2.11. The molecule has 0 radical (unpaired) electrons. The lowest BCUT2D eigenvalue weighted by molar-refractivity contribution is 1.29. The van der Waals surface area contributed by atoms with Crippen molar-refractivity contribution in [1.29, 1.82) is 0 Å². The van der Waals surface area contributed by atoms with Crippen LogP contribution < -0.4 is 11.1 Å². The second kappa shape index (κ2) is 5.33. The summed E-state index contributed by atoms with van der Waals surface area (Å²) in [5.74, 6) is 0. The minimum atomic E-state index is 0.273. The molecule has 0 atom stereocenters. The lowest BCUT2D eigenvalue weighted by atomic mass is 10.2. The summed E-state index contributed by atoms with van der Waals surface area (Å²) in [5.41, 5.74) is 8.93. The van der Waals surface area contributed by atoms with Crippen molar-refractivity contribution in [2.75, 3.05) is 5.32 Å². The Hall–Kier alpha value is -1.65. The zero-order valence-electron chi connectivity index (χ0n) is 9.77. The first-order valence-electron chi connectivity index (χ1n) is 5.36. The molecule has 0 saturated heterocycles. The molecule has 3 nitrogen and oxygen atoms in total. The van der Waals surface area contributed by atoms with Crippen molar-refractivity contribution in [2.45, 2.75) is 6.92 Å². The van der Waals surface area contributed by atoms with Gasteiger partial charge in [-0.25, -0.2) is 0 Å². The van der Waals surface area contributed by atoms with E-state index in [1.54, 1.807) is 12.3 Å². The molecular weight excluding hydrogens is 266 g/mol. The van der Waals surface area contributed by atoms with Gasteiger partial charge in [0.2, 0.25) is 0 Å². The van der Waals surface area contributed by atoms with E-state index in [-0.39, 0.29) is 4.99 Å². The zero-order chi connectivity index (χ0) is 13.1. The third-order valence-electron chi connectivity index (χ3n) is 2.50. The molecule has 2 aromatic rings. The average molecular weight is 278 g/mol. The highest BCUT2D eigenvalue weighted by Crippen LogP contribution is 2.28. The van der Waals surface area contributed by atoms with Gasteiger partial charge in [-0.1, -0.05) is 36.0 Å². The van der Waals surface area contributed by atoms with Gasteiger partial charge in [0.25, 0.3) is 0 Å². The molecule has 0 aliphatic rings. The Morgan fingerprint density at radius 1 is 1.39 bits per heavy atom. The van der Waals surface area contributed by atoms with Gasteiger partial charge in [0.1, 0.15) is 4.99 Å². The molecule has 0 fully saturated rings. The number of nitrogens with one attached hydrogen (secondary N) is 1. The van der Waals surface area contributed by atoms with Gasteiger partial charge in [0, 0.05) is 11.9 Å². The SMILES string of the molecule is Cc1cccc(Cl)c1Nc1ccnc(C(N)=S)c1. The van der Waals surface area contributed by atoms with Gasteiger partial charge in [-0.2, -0.15) is 0 Å². The molecule has 1 aromatic carbocycles. The Balaban J connectivity index is 2.34. The van der Waals surface area contributed by atoms with E-state index in [1.807, 2.05) is 31.2 Å². The molecule has 0 aliphatic carbocycles. The number of benzene rings is 1. The number of nitrogens with zero attached hydrogens (tertiary/aromatic N) is 1. The second-order valence-corrected chi connectivity index (χ2v) is 4.70. The van der Waals surface area contributed by atoms with Crippen molar-refractivity contribution in [3.05, 3.63) is 52.8 Å². The van der Waals surface area contributed by atoms with E-state index in [0.717, 1.165) is 16.9 Å². The van der Waals surface area contributed by atoms with Crippen LogP contribution in [-0.4, -0.2) is 9.97 Å². The predicted octanol–water partition coefficient (Wildman–Crippen LogP) is 3.42. The summed E-state index contributed by atoms with van der Waals surface area (Å²) in [6.07, 6.45) is 1.66. The summed E-state index contributed by atoms with van der Waals surface area (Å²) in [4.78, 5) is 4.36. The smallest absolute Gasteiger partial charge is 0.122 e. The summed E-state index contributed by atoms with van der Waals surface area (Å²) >= 11 is 11.1. The van der Waals surface area contributed by atoms with Crippen LogP contribution in [0.15, 0.2) is 36.5 Å². The van der Waals surface area contributed by atoms with E-state index in [9.17, 15) is 0 Å². The minimum absolute atomic E-state index is 0.273. The number of aryl methyl sites for hydroxylation is 1. The van der Waals surface area contributed by atoms with Gasteiger partial charge in [-0.05, 0) is 30.7 Å². The second-order valence-electron chi connectivity index (χ2n) is 3.85. The normalized spacial score (nSPS) is 10.1. The molecular formula is C13H12ClN3S. The van der Waals surface area contributed by atoms with E-state index in [0.29, 0.717) is 10.7 Å². The van der Waals surface area contributed by atoms with Crippen LogP contribution in [0.25, 0.3) is 0 Å². The molecule has 1 heterocycles. The third kappa shape index (κ3) is 2.78. The van der Waals surface area contributed by atoms with Crippen molar-refractivity contribution in [3.63, 3.8) is 0 Å². The van der Waals surface area contributed by atoms with Crippen molar-refractivity contribution in [1.82, 2.24) is 4.98 Å². The number of rotatable bonds is 3. The summed E-state index contributed by atoms with van der Waals surface area (Å²) in [5, 5.41) is 3.92. The quantitative estimate of drug-likeness (QED) is 0.844. The molecule has 5 heteroatoms. The van der Waals surface area contributed by atoms with Gasteiger partial charge in [-0.15, -0.1) is 0 Å². The van der Waals surface area contributed by atoms with Crippen LogP contribution in [0.2, 0.25) is 5.02 Å². The van der Waals surface area contributed by atoms with Crippen LogP contribution in [0, 0.1) is 6.92 Å². The highest BCUT2D eigenvalue weighted by Gasteiger charge is 2.05. The summed E-state index contributed by atoms with van der Waals surface area (Å²) < 4.78 is 0. The summed E-state index contributed by atoms with van der Waals surface area (Å²) in [6.45, 7) is 1.99. The maximum atomic E-state index is 6.15. The number of pyridine rings is 1. The Bertz CT molecular complexity index is 578. The molecule has 0 aliphatic heterocycles. The first-order valence-corrected chi connectivity index (χ1v) is 6.14. The molecule has 0 spiro atoms. The first-order chi connectivity index (χ1) is 8.58.